The molecule has 2 aromatic carbocycles. The van der Waals surface area contributed by atoms with E-state index in [0.717, 1.165) is 0 Å². The molecule has 0 radical (unpaired) electrons. The van der Waals surface area contributed by atoms with Crippen LogP contribution < -0.4 is 4.90 Å². The number of benzene rings is 2. The van der Waals surface area contributed by atoms with Gasteiger partial charge < -0.3 is 10.0 Å². The van der Waals surface area contributed by atoms with Crippen molar-refractivity contribution in [1.29, 1.82) is 0 Å². The number of β-amino-alcohol motifs (C(OH)–C–C–N with tert-alkyl or cyclic N) is 1. The Hall–Kier alpha value is -1.80. The number of aliphatic hydroxyl groups is 1. The third-order valence-electron chi connectivity index (χ3n) is 3.31. The maximum absolute atomic E-state index is 9.95. The van der Waals surface area contributed by atoms with Gasteiger partial charge in [0.2, 0.25) is 0 Å². The first-order valence-corrected chi connectivity index (χ1v) is 5.91. The van der Waals surface area contributed by atoms with Gasteiger partial charge in [-0.25, -0.2) is 0 Å². The lowest BCUT2D eigenvalue weighted by atomic mass is 9.91. The monoisotopic (exact) mass is 241 g/mol. The Labute approximate surface area is 109 Å². The number of para-hydroxylation sites is 1. The highest BCUT2D eigenvalue weighted by molar-refractivity contribution is 5.52. The lowest BCUT2D eigenvalue weighted by molar-refractivity contribution is 0.0912. The van der Waals surface area contributed by atoms with E-state index in [2.05, 4.69) is 29.2 Å². The zero-order valence-electron chi connectivity index (χ0n) is 9.53. The van der Waals surface area contributed by atoms with Gasteiger partial charge in [0, 0.05) is 12.2 Å². The molecule has 0 saturated carbocycles. The van der Waals surface area contributed by atoms with E-state index in [1.54, 1.807) is 0 Å². The van der Waals surface area contributed by atoms with Crippen molar-refractivity contribution >= 4 is 5.69 Å². The summed E-state index contributed by atoms with van der Waals surface area (Å²) in [4.78, 5) is 2.24. The normalized spacial score (nSPS) is 21.9. The maximum Gasteiger partial charge on any atom is 0.0959 e. The molecule has 0 aromatic heterocycles. The second-order valence-corrected chi connectivity index (χ2v) is 4.41. The molecule has 2 nitrogen and oxygen atoms in total. The Morgan fingerprint density at radius 3 is 2.00 bits per heavy atom. The van der Waals surface area contributed by atoms with E-state index in [1.165, 1.54) is 11.3 Å². The van der Waals surface area contributed by atoms with E-state index >= 15 is 0 Å². The molecule has 3 rings (SSSR count). The van der Waals surface area contributed by atoms with Crippen LogP contribution in [0.15, 0.2) is 60.7 Å². The summed E-state index contributed by atoms with van der Waals surface area (Å²) >= 11 is 0. The van der Waals surface area contributed by atoms with Gasteiger partial charge in [-0.2, -0.15) is 0 Å². The average Bonchev–Trinajstić information content (AvgIpc) is 2.38. The molecule has 1 heterocycles. The van der Waals surface area contributed by atoms with Crippen molar-refractivity contribution in [2.45, 2.75) is 19.6 Å². The van der Waals surface area contributed by atoms with Gasteiger partial charge in [-0.15, -0.1) is 0 Å². The Morgan fingerprint density at radius 1 is 0.889 bits per heavy atom. The average molecular weight is 241 g/mol. The topological polar surface area (TPSA) is 23.5 Å². The summed E-state index contributed by atoms with van der Waals surface area (Å²) in [5.74, 6) is 0. The van der Waals surface area contributed by atoms with Crippen LogP contribution in [-0.4, -0.2) is 17.8 Å². The molecule has 2 heteroatoms. The van der Waals surface area contributed by atoms with Crippen LogP contribution >= 0.6 is 0 Å². The van der Waals surface area contributed by atoms with Crippen LogP contribution in [0.25, 0.3) is 0 Å². The van der Waals surface area contributed by atoms with Gasteiger partial charge in [0.25, 0.3) is 0 Å². The van der Waals surface area contributed by atoms with E-state index in [4.69, 9.17) is 0 Å². The first-order valence-electron chi connectivity index (χ1n) is 5.91. The number of nitrogens with zero attached hydrogens (tertiary/aromatic N) is 1. The Kier molecular flexibility index (Phi) is 3.68. The number of rotatable bonds is 2. The molecular formula is C16H19NO. The SMILES string of the molecule is C.OC1CN(c2ccccc2)C1c1ccccc1. The van der Waals surface area contributed by atoms with Gasteiger partial charge in [-0.1, -0.05) is 56.0 Å². The van der Waals surface area contributed by atoms with E-state index < -0.39 is 0 Å². The van der Waals surface area contributed by atoms with Crippen molar-refractivity contribution in [1.82, 2.24) is 0 Å². The lowest BCUT2D eigenvalue weighted by Crippen LogP contribution is -2.53. The highest BCUT2D eigenvalue weighted by Gasteiger charge is 2.38. The van der Waals surface area contributed by atoms with Gasteiger partial charge >= 0.3 is 0 Å². The molecule has 1 saturated heterocycles. The molecule has 0 spiro atoms. The van der Waals surface area contributed by atoms with Crippen LogP contribution in [0, 0.1) is 0 Å². The fourth-order valence-electron chi connectivity index (χ4n) is 2.42. The minimum atomic E-state index is -0.266. The fraction of sp³-hybridized carbons (Fsp3) is 0.250. The molecule has 0 bridgehead atoms. The summed E-state index contributed by atoms with van der Waals surface area (Å²) < 4.78 is 0. The highest BCUT2D eigenvalue weighted by atomic mass is 16.3. The zero-order valence-corrected chi connectivity index (χ0v) is 9.53. The van der Waals surface area contributed by atoms with Crippen LogP contribution in [-0.2, 0) is 0 Å². The Bertz CT molecular complexity index is 483. The predicted octanol–water partition coefficient (Wildman–Crippen LogP) is 3.24. The zero-order chi connectivity index (χ0) is 11.7. The van der Waals surface area contributed by atoms with Gasteiger partial charge in [0.15, 0.2) is 0 Å². The molecule has 94 valence electrons. The second-order valence-electron chi connectivity index (χ2n) is 4.41. The quantitative estimate of drug-likeness (QED) is 0.872. The van der Waals surface area contributed by atoms with Crippen molar-refractivity contribution in [2.75, 3.05) is 11.4 Å². The molecular weight excluding hydrogens is 222 g/mol. The van der Waals surface area contributed by atoms with Gasteiger partial charge in [-0.05, 0) is 17.7 Å². The van der Waals surface area contributed by atoms with Crippen LogP contribution in [0.4, 0.5) is 5.69 Å². The van der Waals surface area contributed by atoms with Crippen LogP contribution in [0.1, 0.15) is 19.0 Å². The van der Waals surface area contributed by atoms with Crippen LogP contribution in [0.2, 0.25) is 0 Å². The van der Waals surface area contributed by atoms with Crippen molar-refractivity contribution in [3.05, 3.63) is 66.2 Å². The third kappa shape index (κ3) is 2.12. The van der Waals surface area contributed by atoms with E-state index in [1.807, 2.05) is 36.4 Å². The molecule has 18 heavy (non-hydrogen) atoms. The molecule has 0 amide bonds. The summed E-state index contributed by atoms with van der Waals surface area (Å²) in [5, 5.41) is 9.95. The van der Waals surface area contributed by atoms with Crippen molar-refractivity contribution in [2.24, 2.45) is 0 Å². The van der Waals surface area contributed by atoms with Crippen LogP contribution in [0.5, 0.6) is 0 Å². The first kappa shape index (κ1) is 12.7. The second kappa shape index (κ2) is 5.23. The summed E-state index contributed by atoms with van der Waals surface area (Å²) in [7, 11) is 0. The largest absolute Gasteiger partial charge is 0.389 e. The minimum Gasteiger partial charge on any atom is -0.389 e. The maximum atomic E-state index is 9.95. The molecule has 1 N–H and O–H groups in total. The summed E-state index contributed by atoms with van der Waals surface area (Å²) in [5.41, 5.74) is 2.35. The van der Waals surface area contributed by atoms with Crippen LogP contribution in [0.3, 0.4) is 0 Å². The molecule has 0 aliphatic carbocycles. The summed E-state index contributed by atoms with van der Waals surface area (Å²) in [6.45, 7) is 0.712. The first-order chi connectivity index (χ1) is 8.36. The summed E-state index contributed by atoms with van der Waals surface area (Å²) in [6.07, 6.45) is -0.266. The molecule has 1 fully saturated rings. The lowest BCUT2D eigenvalue weighted by Gasteiger charge is -2.47. The summed E-state index contributed by atoms with van der Waals surface area (Å²) in [6, 6.07) is 20.5. The molecule has 1 aliphatic rings. The smallest absolute Gasteiger partial charge is 0.0959 e. The number of hydrogen-bond acceptors (Lipinski definition) is 2. The van der Waals surface area contributed by atoms with Crippen molar-refractivity contribution < 1.29 is 5.11 Å². The third-order valence-corrected chi connectivity index (χ3v) is 3.31. The minimum absolute atomic E-state index is 0. The van der Waals surface area contributed by atoms with E-state index in [0.29, 0.717) is 6.54 Å². The molecule has 2 unspecified atom stereocenters. The predicted molar refractivity (Wildman–Crippen MR) is 75.7 cm³/mol. The van der Waals surface area contributed by atoms with Gasteiger partial charge in [0.1, 0.15) is 0 Å². The number of hydrogen-bond donors (Lipinski definition) is 1. The van der Waals surface area contributed by atoms with Gasteiger partial charge in [0.05, 0.1) is 12.1 Å². The van der Waals surface area contributed by atoms with E-state index in [-0.39, 0.29) is 19.6 Å². The Morgan fingerprint density at radius 2 is 1.44 bits per heavy atom. The molecule has 2 atom stereocenters. The molecule has 1 aliphatic heterocycles. The van der Waals surface area contributed by atoms with E-state index in [9.17, 15) is 5.11 Å². The number of anilines is 1. The van der Waals surface area contributed by atoms with Crippen molar-refractivity contribution in [3.8, 4) is 0 Å². The molecule has 2 aromatic rings. The fourth-order valence-corrected chi connectivity index (χ4v) is 2.42. The highest BCUT2D eigenvalue weighted by Crippen LogP contribution is 2.37. The number of aliphatic hydroxyl groups excluding tert-OH is 1. The van der Waals surface area contributed by atoms with Crippen molar-refractivity contribution in [3.63, 3.8) is 0 Å². The Balaban J connectivity index is 0.00000120. The standard InChI is InChI=1S/C15H15NO.CH4/c17-14-11-16(13-9-5-2-6-10-13)15(14)12-7-3-1-4-8-12;/h1-10,14-15,17H,11H2;1H4. The van der Waals surface area contributed by atoms with Gasteiger partial charge in [-0.3, -0.25) is 0 Å².